The van der Waals surface area contributed by atoms with Crippen LogP contribution in [0.3, 0.4) is 0 Å². The minimum absolute atomic E-state index is 0.00148. The van der Waals surface area contributed by atoms with Gasteiger partial charge in [0.1, 0.15) is 18.5 Å². The number of aryl methyl sites for hydroxylation is 2. The molecule has 0 aliphatic rings. The van der Waals surface area contributed by atoms with Crippen LogP contribution in [0.25, 0.3) is 0 Å². The van der Waals surface area contributed by atoms with E-state index in [9.17, 15) is 18.7 Å². The van der Waals surface area contributed by atoms with Gasteiger partial charge in [-0.05, 0) is 37.6 Å². The molecule has 0 aliphatic carbocycles. The lowest BCUT2D eigenvalue weighted by Gasteiger charge is -2.13. The molecular formula is C16H17F2NO3S. The van der Waals surface area contributed by atoms with Crippen molar-refractivity contribution in [3.05, 3.63) is 51.2 Å². The molecule has 7 heteroatoms. The number of thiophene rings is 1. The van der Waals surface area contributed by atoms with Crippen molar-refractivity contribution < 1.29 is 23.4 Å². The molecule has 124 valence electrons. The summed E-state index contributed by atoms with van der Waals surface area (Å²) in [6.45, 7) is 3.71. The van der Waals surface area contributed by atoms with Crippen LogP contribution in [0.15, 0.2) is 24.3 Å². The third-order valence-corrected chi connectivity index (χ3v) is 4.37. The van der Waals surface area contributed by atoms with Gasteiger partial charge in [0.15, 0.2) is 11.6 Å². The molecule has 1 heterocycles. The van der Waals surface area contributed by atoms with E-state index in [0.29, 0.717) is 4.88 Å². The van der Waals surface area contributed by atoms with Gasteiger partial charge in [-0.25, -0.2) is 8.78 Å². The maximum Gasteiger partial charge on any atom is 0.261 e. The maximum absolute atomic E-state index is 13.0. The fourth-order valence-electron chi connectivity index (χ4n) is 1.80. The molecule has 0 fully saturated rings. The van der Waals surface area contributed by atoms with E-state index in [0.717, 1.165) is 22.6 Å². The summed E-state index contributed by atoms with van der Waals surface area (Å²) >= 11 is 1.39. The third-order valence-electron chi connectivity index (χ3n) is 3.22. The van der Waals surface area contributed by atoms with E-state index in [1.165, 1.54) is 17.4 Å². The molecule has 1 aromatic carbocycles. The largest absolute Gasteiger partial charge is 0.491 e. The van der Waals surface area contributed by atoms with Gasteiger partial charge in [-0.2, -0.15) is 0 Å². The molecule has 1 atom stereocenters. The molecule has 0 radical (unpaired) electrons. The molecule has 1 aromatic heterocycles. The molecule has 2 rings (SSSR count). The first-order valence-corrected chi connectivity index (χ1v) is 7.79. The number of benzene rings is 1. The zero-order chi connectivity index (χ0) is 17.0. The molecule has 4 nitrogen and oxygen atoms in total. The highest BCUT2D eigenvalue weighted by atomic mass is 32.1. The third kappa shape index (κ3) is 4.74. The number of ether oxygens (including phenoxy) is 1. The Morgan fingerprint density at radius 2 is 2.04 bits per heavy atom. The first-order chi connectivity index (χ1) is 10.9. The second kappa shape index (κ2) is 7.52. The average Bonchev–Trinajstić information content (AvgIpc) is 2.85. The van der Waals surface area contributed by atoms with Crippen molar-refractivity contribution in [3.63, 3.8) is 0 Å². The van der Waals surface area contributed by atoms with Crippen molar-refractivity contribution in [3.8, 4) is 5.75 Å². The first kappa shape index (κ1) is 17.4. The quantitative estimate of drug-likeness (QED) is 0.849. The van der Waals surface area contributed by atoms with Gasteiger partial charge in [0.05, 0.1) is 4.88 Å². The summed E-state index contributed by atoms with van der Waals surface area (Å²) < 4.78 is 30.9. The van der Waals surface area contributed by atoms with E-state index in [2.05, 4.69) is 5.32 Å². The summed E-state index contributed by atoms with van der Waals surface area (Å²) in [6.07, 6.45) is -0.964. The van der Waals surface area contributed by atoms with Gasteiger partial charge >= 0.3 is 0 Å². The fourth-order valence-corrected chi connectivity index (χ4v) is 2.75. The topological polar surface area (TPSA) is 58.6 Å². The van der Waals surface area contributed by atoms with Crippen LogP contribution < -0.4 is 10.1 Å². The molecule has 1 unspecified atom stereocenters. The molecule has 0 aliphatic heterocycles. The maximum atomic E-state index is 13.0. The van der Waals surface area contributed by atoms with Crippen LogP contribution in [0.2, 0.25) is 0 Å². The highest BCUT2D eigenvalue weighted by Crippen LogP contribution is 2.20. The Morgan fingerprint density at radius 3 is 2.65 bits per heavy atom. The first-order valence-electron chi connectivity index (χ1n) is 6.98. The van der Waals surface area contributed by atoms with Gasteiger partial charge in [-0.15, -0.1) is 11.3 Å². The Kier molecular flexibility index (Phi) is 5.68. The lowest BCUT2D eigenvalue weighted by molar-refractivity contribution is 0.0846. The summed E-state index contributed by atoms with van der Waals surface area (Å²) in [5.41, 5.74) is 1.04. The lowest BCUT2D eigenvalue weighted by Crippen LogP contribution is -2.35. The summed E-state index contributed by atoms with van der Waals surface area (Å²) in [7, 11) is 0. The second-order valence-corrected chi connectivity index (χ2v) is 6.36. The Morgan fingerprint density at radius 1 is 1.30 bits per heavy atom. The Balaban J connectivity index is 1.79. The van der Waals surface area contributed by atoms with Gasteiger partial charge in [-0.1, -0.05) is 0 Å². The van der Waals surface area contributed by atoms with Crippen molar-refractivity contribution in [2.75, 3.05) is 13.2 Å². The fraction of sp³-hybridized carbons (Fsp3) is 0.312. The van der Waals surface area contributed by atoms with E-state index >= 15 is 0 Å². The minimum atomic E-state index is -1.02. The van der Waals surface area contributed by atoms with Gasteiger partial charge in [0.2, 0.25) is 0 Å². The number of rotatable bonds is 6. The van der Waals surface area contributed by atoms with E-state index in [-0.39, 0.29) is 24.8 Å². The number of carbonyl (C=O) groups excluding carboxylic acids is 1. The van der Waals surface area contributed by atoms with Crippen molar-refractivity contribution >= 4 is 17.2 Å². The van der Waals surface area contributed by atoms with E-state index in [1.807, 2.05) is 13.8 Å². The highest BCUT2D eigenvalue weighted by Gasteiger charge is 2.13. The number of aliphatic hydroxyl groups excluding tert-OH is 1. The molecule has 23 heavy (non-hydrogen) atoms. The number of hydrogen-bond donors (Lipinski definition) is 2. The normalized spacial score (nSPS) is 12.0. The van der Waals surface area contributed by atoms with Crippen LogP contribution in [-0.2, 0) is 0 Å². The predicted octanol–water partition coefficient (Wildman–Crippen LogP) is 2.81. The molecule has 0 saturated carbocycles. The Hall–Kier alpha value is -1.99. The molecule has 0 saturated heterocycles. The van der Waals surface area contributed by atoms with Crippen molar-refractivity contribution in [2.45, 2.75) is 20.0 Å². The Labute approximate surface area is 136 Å². The van der Waals surface area contributed by atoms with E-state index in [1.54, 1.807) is 6.07 Å². The number of hydrogen-bond acceptors (Lipinski definition) is 4. The SMILES string of the molecule is Cc1cc(C(=O)NCC(O)COc2ccc(F)c(F)c2)sc1C. The van der Waals surface area contributed by atoms with Crippen LogP contribution >= 0.6 is 11.3 Å². The number of halogens is 2. The summed E-state index contributed by atoms with van der Waals surface area (Å²) in [5.74, 6) is -2.14. The van der Waals surface area contributed by atoms with Crippen LogP contribution in [0, 0.1) is 25.5 Å². The Bertz CT molecular complexity index is 683. The second-order valence-electron chi connectivity index (χ2n) is 5.10. The van der Waals surface area contributed by atoms with Crippen LogP contribution in [-0.4, -0.2) is 30.3 Å². The zero-order valence-corrected chi connectivity index (χ0v) is 13.5. The minimum Gasteiger partial charge on any atom is -0.491 e. The average molecular weight is 341 g/mol. The number of amides is 1. The van der Waals surface area contributed by atoms with Crippen molar-refractivity contribution in [1.82, 2.24) is 5.32 Å². The number of aliphatic hydroxyl groups is 1. The van der Waals surface area contributed by atoms with Crippen LogP contribution in [0.4, 0.5) is 8.78 Å². The van der Waals surface area contributed by atoms with Gasteiger partial charge in [0.25, 0.3) is 5.91 Å². The zero-order valence-electron chi connectivity index (χ0n) is 12.7. The monoisotopic (exact) mass is 341 g/mol. The van der Waals surface area contributed by atoms with Crippen molar-refractivity contribution in [2.24, 2.45) is 0 Å². The number of carbonyl (C=O) groups is 1. The highest BCUT2D eigenvalue weighted by molar-refractivity contribution is 7.14. The molecule has 0 bridgehead atoms. The van der Waals surface area contributed by atoms with E-state index in [4.69, 9.17) is 4.74 Å². The summed E-state index contributed by atoms with van der Waals surface area (Å²) in [6, 6.07) is 4.90. The molecular weight excluding hydrogens is 324 g/mol. The standard InChI is InChI=1S/C16H17F2NO3S/c1-9-5-15(23-10(9)2)16(21)19-7-11(20)8-22-12-3-4-13(17)14(18)6-12/h3-6,11,20H,7-8H2,1-2H3,(H,19,21). The number of nitrogens with one attached hydrogen (secondary N) is 1. The van der Waals surface area contributed by atoms with Crippen LogP contribution in [0.5, 0.6) is 5.75 Å². The van der Waals surface area contributed by atoms with Gasteiger partial charge in [-0.3, -0.25) is 4.79 Å². The van der Waals surface area contributed by atoms with Gasteiger partial charge in [0, 0.05) is 17.5 Å². The lowest BCUT2D eigenvalue weighted by atomic mass is 10.3. The predicted molar refractivity (Wildman–Crippen MR) is 84.0 cm³/mol. The molecule has 1 amide bonds. The summed E-state index contributed by atoms with van der Waals surface area (Å²) in [4.78, 5) is 13.6. The molecule has 0 spiro atoms. The molecule has 2 aromatic rings. The van der Waals surface area contributed by atoms with E-state index < -0.39 is 17.7 Å². The summed E-state index contributed by atoms with van der Waals surface area (Å²) in [5, 5.41) is 12.4. The van der Waals surface area contributed by atoms with Crippen molar-refractivity contribution in [1.29, 1.82) is 0 Å². The molecule has 2 N–H and O–H groups in total. The van der Waals surface area contributed by atoms with Crippen LogP contribution in [0.1, 0.15) is 20.1 Å². The van der Waals surface area contributed by atoms with Gasteiger partial charge < -0.3 is 15.2 Å². The smallest absolute Gasteiger partial charge is 0.261 e.